The third-order valence-corrected chi connectivity index (χ3v) is 3.63. The number of nitrogens with zero attached hydrogens (tertiary/aromatic N) is 2. The van der Waals surface area contributed by atoms with Crippen molar-refractivity contribution in [3.8, 4) is 0 Å². The summed E-state index contributed by atoms with van der Waals surface area (Å²) < 4.78 is 3.61. The molecule has 2 heterocycles. The lowest BCUT2D eigenvalue weighted by molar-refractivity contribution is -0.131. The smallest absolute Gasteiger partial charge is 0.328 e. The summed E-state index contributed by atoms with van der Waals surface area (Å²) in [5.41, 5.74) is 1.06. The van der Waals surface area contributed by atoms with Crippen molar-refractivity contribution in [1.82, 2.24) is 14.9 Å². The van der Waals surface area contributed by atoms with E-state index in [1.807, 2.05) is 5.38 Å². The monoisotopic (exact) mass is 295 g/mol. The summed E-state index contributed by atoms with van der Waals surface area (Å²) in [4.78, 5) is 23.0. The first-order chi connectivity index (χ1) is 9.16. The number of nitrogens with one attached hydrogen (secondary N) is 1. The van der Waals surface area contributed by atoms with Gasteiger partial charge in [-0.05, 0) is 34.6 Å². The second kappa shape index (κ2) is 6.21. The predicted molar refractivity (Wildman–Crippen MR) is 72.1 cm³/mol. The van der Waals surface area contributed by atoms with E-state index in [2.05, 4.69) is 14.9 Å². The Morgan fingerprint density at radius 3 is 3.00 bits per heavy atom. The van der Waals surface area contributed by atoms with Gasteiger partial charge in [-0.15, -0.1) is 16.4 Å². The fourth-order valence-electron chi connectivity index (χ4n) is 1.32. The molecule has 6 nitrogen and oxygen atoms in total. The molecule has 2 aromatic heterocycles. The van der Waals surface area contributed by atoms with Crippen molar-refractivity contribution in [3.63, 3.8) is 0 Å². The van der Waals surface area contributed by atoms with E-state index in [-0.39, 0.29) is 11.6 Å². The Morgan fingerprint density at radius 2 is 2.32 bits per heavy atom. The summed E-state index contributed by atoms with van der Waals surface area (Å²) in [6.45, 7) is 0.327. The Bertz CT molecular complexity index is 604. The van der Waals surface area contributed by atoms with Gasteiger partial charge >= 0.3 is 5.97 Å². The molecule has 0 saturated heterocycles. The van der Waals surface area contributed by atoms with Gasteiger partial charge < -0.3 is 10.4 Å². The highest BCUT2D eigenvalue weighted by Crippen LogP contribution is 2.18. The third-order valence-electron chi connectivity index (χ3n) is 2.19. The van der Waals surface area contributed by atoms with Gasteiger partial charge in [0.05, 0.1) is 6.54 Å². The number of carbonyl (C=O) groups is 2. The van der Waals surface area contributed by atoms with Gasteiger partial charge in [0.2, 0.25) is 0 Å². The number of hydrogen-bond donors (Lipinski definition) is 2. The van der Waals surface area contributed by atoms with Crippen LogP contribution in [0.5, 0.6) is 0 Å². The molecule has 0 fully saturated rings. The van der Waals surface area contributed by atoms with Crippen LogP contribution in [0.3, 0.4) is 0 Å². The average Bonchev–Trinajstić information content (AvgIpc) is 3.04. The van der Waals surface area contributed by atoms with Gasteiger partial charge in [-0.2, -0.15) is 0 Å². The molecule has 0 saturated carbocycles. The third kappa shape index (κ3) is 3.70. The van der Waals surface area contributed by atoms with Crippen LogP contribution in [0.4, 0.5) is 0 Å². The number of carbonyl (C=O) groups excluding carboxylic acids is 1. The molecule has 0 aliphatic rings. The largest absolute Gasteiger partial charge is 0.478 e. The highest BCUT2D eigenvalue weighted by molar-refractivity contribution is 7.10. The molecule has 0 aliphatic heterocycles. The van der Waals surface area contributed by atoms with Crippen LogP contribution in [-0.2, 0) is 11.3 Å². The minimum Gasteiger partial charge on any atom is -0.478 e. The zero-order chi connectivity index (χ0) is 13.7. The van der Waals surface area contributed by atoms with Crippen LogP contribution in [0.25, 0.3) is 6.08 Å². The Hall–Kier alpha value is -2.06. The lowest BCUT2D eigenvalue weighted by Crippen LogP contribution is -2.22. The molecule has 19 heavy (non-hydrogen) atoms. The van der Waals surface area contributed by atoms with Gasteiger partial charge in [0.25, 0.3) is 5.91 Å². The van der Waals surface area contributed by atoms with E-state index in [9.17, 15) is 9.59 Å². The quantitative estimate of drug-likeness (QED) is 0.818. The summed E-state index contributed by atoms with van der Waals surface area (Å²) in [5, 5.41) is 18.4. The van der Waals surface area contributed by atoms with E-state index >= 15 is 0 Å². The minimum absolute atomic E-state index is 0.282. The second-order valence-electron chi connectivity index (χ2n) is 3.44. The molecule has 0 atom stereocenters. The second-order valence-corrected chi connectivity index (χ2v) is 5.05. The topological polar surface area (TPSA) is 92.2 Å². The van der Waals surface area contributed by atoms with Crippen molar-refractivity contribution >= 4 is 40.8 Å². The number of hydrogen-bond acceptors (Lipinski definition) is 6. The van der Waals surface area contributed by atoms with Crippen LogP contribution in [0.1, 0.15) is 20.9 Å². The Balaban J connectivity index is 1.98. The van der Waals surface area contributed by atoms with Gasteiger partial charge in [0, 0.05) is 16.3 Å². The van der Waals surface area contributed by atoms with E-state index in [1.165, 1.54) is 17.4 Å². The molecule has 0 aliphatic carbocycles. The van der Waals surface area contributed by atoms with Crippen molar-refractivity contribution in [1.29, 1.82) is 0 Å². The molecule has 2 aromatic rings. The Kier molecular flexibility index (Phi) is 4.37. The van der Waals surface area contributed by atoms with E-state index in [0.29, 0.717) is 6.54 Å². The lowest BCUT2D eigenvalue weighted by Gasteiger charge is -2.02. The van der Waals surface area contributed by atoms with Crippen LogP contribution in [0.15, 0.2) is 22.9 Å². The van der Waals surface area contributed by atoms with Crippen LogP contribution in [0, 0.1) is 0 Å². The Morgan fingerprint density at radius 1 is 1.47 bits per heavy atom. The molecule has 2 N–H and O–H groups in total. The number of amides is 1. The highest BCUT2D eigenvalue weighted by Gasteiger charge is 2.09. The molecule has 0 radical (unpaired) electrons. The molecule has 0 spiro atoms. The van der Waals surface area contributed by atoms with Crippen molar-refractivity contribution in [2.45, 2.75) is 6.54 Å². The summed E-state index contributed by atoms with van der Waals surface area (Å²) in [5.74, 6) is -1.30. The molecule has 98 valence electrons. The standard InChI is InChI=1S/C11H9N3O3S2/c15-10(16)2-1-7-3-4-18-9(7)5-12-11(17)8-6-19-14-13-8/h1-4,6H,5H2,(H,12,17)(H,15,16). The average molecular weight is 295 g/mol. The predicted octanol–water partition coefficient (Wildman–Crippen LogP) is 1.63. The maximum atomic E-state index is 11.7. The van der Waals surface area contributed by atoms with Crippen LogP contribution >= 0.6 is 22.9 Å². The molecule has 1 amide bonds. The van der Waals surface area contributed by atoms with Crippen LogP contribution in [0.2, 0.25) is 0 Å². The number of rotatable bonds is 5. The van der Waals surface area contributed by atoms with Crippen molar-refractivity contribution < 1.29 is 14.7 Å². The summed E-state index contributed by atoms with van der Waals surface area (Å²) >= 11 is 2.56. The number of aromatic nitrogens is 2. The van der Waals surface area contributed by atoms with Gasteiger partial charge in [-0.3, -0.25) is 4.79 Å². The molecule has 8 heteroatoms. The SMILES string of the molecule is O=C(O)C=Cc1ccsc1CNC(=O)c1csnn1. The van der Waals surface area contributed by atoms with Gasteiger partial charge in [-0.25, -0.2) is 4.79 Å². The van der Waals surface area contributed by atoms with E-state index in [1.54, 1.807) is 11.4 Å². The van der Waals surface area contributed by atoms with Gasteiger partial charge in [-0.1, -0.05) is 4.49 Å². The van der Waals surface area contributed by atoms with E-state index in [4.69, 9.17) is 5.11 Å². The molecular formula is C11H9N3O3S2. The molecule has 2 rings (SSSR count). The zero-order valence-corrected chi connectivity index (χ0v) is 11.2. The maximum Gasteiger partial charge on any atom is 0.328 e. The van der Waals surface area contributed by atoms with Crippen molar-refractivity contribution in [2.75, 3.05) is 0 Å². The maximum absolute atomic E-state index is 11.7. The zero-order valence-electron chi connectivity index (χ0n) is 9.57. The number of thiophene rings is 1. The van der Waals surface area contributed by atoms with Crippen LogP contribution < -0.4 is 5.32 Å². The molecule has 0 bridgehead atoms. The molecule has 0 unspecified atom stereocenters. The van der Waals surface area contributed by atoms with Crippen molar-refractivity contribution in [3.05, 3.63) is 39.0 Å². The number of aliphatic carboxylic acids is 1. The van der Waals surface area contributed by atoms with Crippen molar-refractivity contribution in [2.24, 2.45) is 0 Å². The number of carboxylic acid groups (broad SMARTS) is 1. The van der Waals surface area contributed by atoms with Crippen LogP contribution in [-0.4, -0.2) is 26.6 Å². The summed E-state index contributed by atoms with van der Waals surface area (Å²) in [7, 11) is 0. The summed E-state index contributed by atoms with van der Waals surface area (Å²) in [6.07, 6.45) is 2.57. The fourth-order valence-corrected chi connectivity index (χ4v) is 2.56. The van der Waals surface area contributed by atoms with E-state index in [0.717, 1.165) is 28.0 Å². The minimum atomic E-state index is -1.00. The fraction of sp³-hybridized carbons (Fsp3) is 0.0909. The normalized spacial score (nSPS) is 10.7. The van der Waals surface area contributed by atoms with Gasteiger partial charge in [0.1, 0.15) is 0 Å². The summed E-state index contributed by atoms with van der Waals surface area (Å²) in [6, 6.07) is 1.80. The Labute approximate surface area is 116 Å². The van der Waals surface area contributed by atoms with E-state index < -0.39 is 5.97 Å². The molecular weight excluding hydrogens is 286 g/mol. The molecule has 0 aromatic carbocycles. The highest BCUT2D eigenvalue weighted by atomic mass is 32.1. The first-order valence-corrected chi connectivity index (χ1v) is 6.91. The lowest BCUT2D eigenvalue weighted by atomic mass is 10.2. The first kappa shape index (κ1) is 13.4. The van der Waals surface area contributed by atoms with Gasteiger partial charge in [0.15, 0.2) is 5.69 Å². The number of carboxylic acids is 1. The first-order valence-electron chi connectivity index (χ1n) is 5.19.